The molecular weight excluding hydrogens is 250 g/mol. The van der Waals surface area contributed by atoms with Crippen LogP contribution in [-0.4, -0.2) is 28.0 Å². The Bertz CT molecular complexity index is 474. The topological polar surface area (TPSA) is 38.1 Å². The van der Waals surface area contributed by atoms with Gasteiger partial charge in [-0.05, 0) is 33.6 Å². The molecule has 100 valence electrons. The second kappa shape index (κ2) is 4.92. The van der Waals surface area contributed by atoms with E-state index in [2.05, 4.69) is 9.88 Å². The summed E-state index contributed by atoms with van der Waals surface area (Å²) in [4.78, 5) is 18.8. The van der Waals surface area contributed by atoms with Crippen molar-refractivity contribution in [3.05, 3.63) is 22.7 Å². The number of nitrogens with zero attached hydrogens (tertiary/aromatic N) is 3. The zero-order valence-electron chi connectivity index (χ0n) is 11.2. The van der Waals surface area contributed by atoms with Gasteiger partial charge < -0.3 is 9.47 Å². The first-order valence-corrected chi connectivity index (χ1v) is 6.89. The van der Waals surface area contributed by atoms with Crippen LogP contribution in [0.1, 0.15) is 33.6 Å². The maximum Gasteiger partial charge on any atom is 0.293 e. The van der Waals surface area contributed by atoms with Gasteiger partial charge in [-0.2, -0.15) is 0 Å². The van der Waals surface area contributed by atoms with E-state index in [4.69, 9.17) is 11.6 Å². The number of rotatable bonds is 4. The molecule has 0 unspecified atom stereocenters. The summed E-state index contributed by atoms with van der Waals surface area (Å²) in [6.45, 7) is 6.73. The van der Waals surface area contributed by atoms with Crippen molar-refractivity contribution in [2.75, 3.05) is 17.3 Å². The molecule has 5 heteroatoms. The predicted octanol–water partition coefficient (Wildman–Crippen LogP) is 2.21. The first-order chi connectivity index (χ1) is 8.45. The Labute approximate surface area is 113 Å². The van der Waals surface area contributed by atoms with Gasteiger partial charge in [0.25, 0.3) is 5.56 Å². The molecule has 1 heterocycles. The Hall–Kier alpha value is -1.03. The Kier molecular flexibility index (Phi) is 3.66. The number of aromatic nitrogens is 2. The molecule has 4 nitrogen and oxygen atoms in total. The average molecular weight is 270 g/mol. The van der Waals surface area contributed by atoms with Crippen LogP contribution in [0.15, 0.2) is 17.2 Å². The van der Waals surface area contributed by atoms with E-state index in [-0.39, 0.29) is 11.1 Å². The highest BCUT2D eigenvalue weighted by molar-refractivity contribution is 6.18. The number of halogens is 1. The summed E-state index contributed by atoms with van der Waals surface area (Å²) < 4.78 is 1.74. The van der Waals surface area contributed by atoms with Gasteiger partial charge in [0.2, 0.25) is 0 Å². The van der Waals surface area contributed by atoms with E-state index in [9.17, 15) is 4.79 Å². The van der Waals surface area contributed by atoms with Crippen molar-refractivity contribution in [2.45, 2.75) is 45.2 Å². The molecule has 0 bridgehead atoms. The van der Waals surface area contributed by atoms with E-state index < -0.39 is 0 Å². The minimum absolute atomic E-state index is 0.0259. The van der Waals surface area contributed by atoms with Crippen molar-refractivity contribution < 1.29 is 0 Å². The molecule has 1 aliphatic carbocycles. The van der Waals surface area contributed by atoms with Crippen LogP contribution in [0, 0.1) is 0 Å². The highest BCUT2D eigenvalue weighted by atomic mass is 35.5. The predicted molar refractivity (Wildman–Crippen MR) is 74.6 cm³/mol. The maximum atomic E-state index is 12.5. The minimum Gasteiger partial charge on any atom is -0.348 e. The van der Waals surface area contributed by atoms with Crippen molar-refractivity contribution in [3.8, 4) is 0 Å². The Morgan fingerprint density at radius 3 is 2.67 bits per heavy atom. The Morgan fingerprint density at radius 1 is 1.50 bits per heavy atom. The zero-order chi connectivity index (χ0) is 13.3. The van der Waals surface area contributed by atoms with Crippen LogP contribution in [0.5, 0.6) is 0 Å². The number of hydrogen-bond acceptors (Lipinski definition) is 3. The first kappa shape index (κ1) is 13.4. The van der Waals surface area contributed by atoms with E-state index in [0.717, 1.165) is 12.8 Å². The van der Waals surface area contributed by atoms with Crippen molar-refractivity contribution in [1.29, 1.82) is 0 Å². The highest BCUT2D eigenvalue weighted by Crippen LogP contribution is 2.29. The maximum absolute atomic E-state index is 12.5. The van der Waals surface area contributed by atoms with E-state index in [1.54, 1.807) is 17.0 Å². The molecule has 0 aromatic carbocycles. The fourth-order valence-electron chi connectivity index (χ4n) is 2.07. The summed E-state index contributed by atoms with van der Waals surface area (Å²) in [7, 11) is 0. The number of alkyl halides is 1. The van der Waals surface area contributed by atoms with E-state index in [1.165, 1.54) is 0 Å². The Morgan fingerprint density at radius 2 is 2.17 bits per heavy atom. The second-order valence-electron chi connectivity index (χ2n) is 5.71. The van der Waals surface area contributed by atoms with Gasteiger partial charge in [0.1, 0.15) is 0 Å². The number of anilines is 1. The summed E-state index contributed by atoms with van der Waals surface area (Å²) in [5, 5.41) is 0. The van der Waals surface area contributed by atoms with Gasteiger partial charge in [0.05, 0.1) is 0 Å². The number of hydrogen-bond donors (Lipinski definition) is 0. The molecule has 0 radical (unpaired) electrons. The third kappa shape index (κ3) is 2.69. The van der Waals surface area contributed by atoms with Gasteiger partial charge in [-0.3, -0.25) is 4.79 Å². The molecule has 1 aromatic heterocycles. The zero-order valence-corrected chi connectivity index (χ0v) is 11.9. The smallest absolute Gasteiger partial charge is 0.293 e. The molecule has 0 spiro atoms. The van der Waals surface area contributed by atoms with Crippen LogP contribution >= 0.6 is 11.6 Å². The van der Waals surface area contributed by atoms with Crippen LogP contribution in [0.2, 0.25) is 0 Å². The van der Waals surface area contributed by atoms with Gasteiger partial charge in [-0.15, -0.1) is 11.6 Å². The monoisotopic (exact) mass is 269 g/mol. The van der Waals surface area contributed by atoms with Gasteiger partial charge in [0.15, 0.2) is 5.82 Å². The largest absolute Gasteiger partial charge is 0.348 e. The molecule has 0 N–H and O–H groups in total. The minimum atomic E-state index is -0.231. The summed E-state index contributed by atoms with van der Waals surface area (Å²) in [6, 6.07) is 0.444. The van der Waals surface area contributed by atoms with Gasteiger partial charge in [0, 0.05) is 36.4 Å². The van der Waals surface area contributed by atoms with Gasteiger partial charge in [-0.25, -0.2) is 4.98 Å². The van der Waals surface area contributed by atoms with Gasteiger partial charge >= 0.3 is 0 Å². The van der Waals surface area contributed by atoms with Crippen LogP contribution < -0.4 is 10.5 Å². The lowest BCUT2D eigenvalue weighted by Gasteiger charge is -2.26. The first-order valence-electron chi connectivity index (χ1n) is 6.36. The standard InChI is InChI=1S/C13H20ClN3O/c1-13(2,3)17-9-7-15-11(12(17)18)16(8-6-14)10-4-5-10/h7,9-10H,4-6,8H2,1-3H3. The van der Waals surface area contributed by atoms with Crippen molar-refractivity contribution in [2.24, 2.45) is 0 Å². The molecule has 2 rings (SSSR count). The molecule has 1 saturated carbocycles. The average Bonchev–Trinajstić information content (AvgIpc) is 3.09. The molecule has 1 fully saturated rings. The fourth-order valence-corrected chi connectivity index (χ4v) is 2.25. The molecular formula is C13H20ClN3O. The third-order valence-corrected chi connectivity index (χ3v) is 3.30. The van der Waals surface area contributed by atoms with Crippen molar-refractivity contribution in [3.63, 3.8) is 0 Å². The molecule has 0 saturated heterocycles. The van der Waals surface area contributed by atoms with Gasteiger partial charge in [-0.1, -0.05) is 0 Å². The molecule has 0 amide bonds. The summed E-state index contributed by atoms with van der Waals surface area (Å²) in [6.07, 6.45) is 5.70. The summed E-state index contributed by atoms with van der Waals surface area (Å²) in [5.74, 6) is 1.05. The van der Waals surface area contributed by atoms with E-state index in [0.29, 0.717) is 24.3 Å². The lowest BCUT2D eigenvalue weighted by molar-refractivity contribution is 0.382. The molecule has 18 heavy (non-hydrogen) atoms. The molecule has 1 aliphatic rings. The van der Waals surface area contributed by atoms with Crippen molar-refractivity contribution >= 4 is 17.4 Å². The Balaban J connectivity index is 2.41. The molecule has 0 aliphatic heterocycles. The lowest BCUT2D eigenvalue weighted by atomic mass is 10.1. The summed E-state index contributed by atoms with van der Waals surface area (Å²) in [5.41, 5.74) is -0.257. The normalized spacial score (nSPS) is 15.8. The summed E-state index contributed by atoms with van der Waals surface area (Å²) >= 11 is 5.82. The van der Waals surface area contributed by atoms with Crippen LogP contribution in [-0.2, 0) is 5.54 Å². The van der Waals surface area contributed by atoms with Crippen LogP contribution in [0.25, 0.3) is 0 Å². The van der Waals surface area contributed by atoms with E-state index >= 15 is 0 Å². The van der Waals surface area contributed by atoms with Crippen LogP contribution in [0.4, 0.5) is 5.82 Å². The van der Waals surface area contributed by atoms with Crippen molar-refractivity contribution in [1.82, 2.24) is 9.55 Å². The molecule has 1 aromatic rings. The highest BCUT2D eigenvalue weighted by Gasteiger charge is 2.32. The van der Waals surface area contributed by atoms with E-state index in [1.807, 2.05) is 20.8 Å². The van der Waals surface area contributed by atoms with Crippen LogP contribution in [0.3, 0.4) is 0 Å². The third-order valence-electron chi connectivity index (χ3n) is 3.13. The lowest BCUT2D eigenvalue weighted by Crippen LogP contribution is -2.40. The fraction of sp³-hybridized carbons (Fsp3) is 0.692. The quantitative estimate of drug-likeness (QED) is 0.787. The SMILES string of the molecule is CC(C)(C)n1ccnc(N(CCCl)C2CC2)c1=O. The second-order valence-corrected chi connectivity index (χ2v) is 6.09. The molecule has 0 atom stereocenters.